The van der Waals surface area contributed by atoms with Gasteiger partial charge in [-0.3, -0.25) is 15.2 Å². The standard InChI is InChI=1S/C23H17BrN6OS/c1-13-10-16(14(2)29(13)18-7-5-17(24)6-8-18)11-19-20(25)30-23(27-21(19)31)32-22(28-30)15-4-3-9-26-12-15/h3-12,25H,1-2H3/b19-11-,25-20?. The summed E-state index contributed by atoms with van der Waals surface area (Å²) in [7, 11) is 0. The van der Waals surface area contributed by atoms with Crippen molar-refractivity contribution in [1.29, 1.82) is 5.41 Å². The van der Waals surface area contributed by atoms with Gasteiger partial charge in [0.05, 0.1) is 5.57 Å². The first-order chi connectivity index (χ1) is 15.4. The summed E-state index contributed by atoms with van der Waals surface area (Å²) in [6.45, 7) is 4.01. The molecule has 0 unspecified atom stereocenters. The Morgan fingerprint density at radius 2 is 1.94 bits per heavy atom. The van der Waals surface area contributed by atoms with Gasteiger partial charge in [0.25, 0.3) is 5.91 Å². The summed E-state index contributed by atoms with van der Waals surface area (Å²) in [6.07, 6.45) is 5.11. The molecule has 0 fully saturated rings. The second-order valence-corrected chi connectivity index (χ2v) is 9.18. The van der Waals surface area contributed by atoms with Crippen molar-refractivity contribution < 1.29 is 4.79 Å². The van der Waals surface area contributed by atoms with Gasteiger partial charge in [-0.15, -0.1) is 0 Å². The molecule has 2 aliphatic heterocycles. The van der Waals surface area contributed by atoms with Crippen LogP contribution < -0.4 is 0 Å². The van der Waals surface area contributed by atoms with Crippen LogP contribution in [0.3, 0.4) is 0 Å². The number of nitrogens with one attached hydrogen (secondary N) is 1. The van der Waals surface area contributed by atoms with Gasteiger partial charge in [0.2, 0.25) is 5.17 Å². The van der Waals surface area contributed by atoms with Crippen molar-refractivity contribution in [2.75, 3.05) is 0 Å². The molecule has 0 spiro atoms. The number of hydrogen-bond acceptors (Lipinski definition) is 5. The van der Waals surface area contributed by atoms with E-state index in [2.05, 4.69) is 35.6 Å². The predicted octanol–water partition coefficient (Wildman–Crippen LogP) is 4.92. The monoisotopic (exact) mass is 504 g/mol. The van der Waals surface area contributed by atoms with Crippen molar-refractivity contribution in [2.24, 2.45) is 10.1 Å². The van der Waals surface area contributed by atoms with Crippen molar-refractivity contribution in [3.8, 4) is 5.69 Å². The zero-order valence-corrected chi connectivity index (χ0v) is 19.6. The molecule has 9 heteroatoms. The van der Waals surface area contributed by atoms with Gasteiger partial charge in [0.15, 0.2) is 5.84 Å². The number of hydrazone groups is 1. The zero-order valence-electron chi connectivity index (χ0n) is 17.2. The summed E-state index contributed by atoms with van der Waals surface area (Å²) in [6, 6.07) is 13.8. The Balaban J connectivity index is 1.51. The van der Waals surface area contributed by atoms with Crippen LogP contribution in [0.1, 0.15) is 22.5 Å². The predicted molar refractivity (Wildman–Crippen MR) is 131 cm³/mol. The highest BCUT2D eigenvalue weighted by molar-refractivity contribution is 9.10. The molecule has 3 aromatic rings. The molecule has 4 heterocycles. The average molecular weight is 505 g/mol. The van der Waals surface area contributed by atoms with E-state index in [1.165, 1.54) is 16.8 Å². The number of halogens is 1. The number of rotatable bonds is 3. The van der Waals surface area contributed by atoms with Gasteiger partial charge in [0, 0.05) is 39.5 Å². The lowest BCUT2D eigenvalue weighted by atomic mass is 10.1. The zero-order chi connectivity index (χ0) is 22.4. The second-order valence-electron chi connectivity index (χ2n) is 7.31. The minimum absolute atomic E-state index is 0.0137. The van der Waals surface area contributed by atoms with E-state index in [4.69, 9.17) is 5.41 Å². The minimum Gasteiger partial charge on any atom is -0.318 e. The molecule has 1 N–H and O–H groups in total. The van der Waals surface area contributed by atoms with Crippen LogP contribution in [0.4, 0.5) is 0 Å². The Kier molecular flexibility index (Phi) is 5.15. The third kappa shape index (κ3) is 3.53. The van der Waals surface area contributed by atoms with Gasteiger partial charge >= 0.3 is 0 Å². The molecule has 1 amide bonds. The van der Waals surface area contributed by atoms with Crippen molar-refractivity contribution in [3.05, 3.63) is 87.4 Å². The third-order valence-corrected chi connectivity index (χ3v) is 6.70. The van der Waals surface area contributed by atoms with Crippen molar-refractivity contribution in [3.63, 3.8) is 0 Å². The summed E-state index contributed by atoms with van der Waals surface area (Å²) in [5.41, 5.74) is 4.92. The number of amidine groups is 2. The third-order valence-electron chi connectivity index (χ3n) is 5.22. The molecule has 158 valence electrons. The Bertz CT molecular complexity index is 1360. The largest absolute Gasteiger partial charge is 0.318 e. The van der Waals surface area contributed by atoms with E-state index >= 15 is 0 Å². The van der Waals surface area contributed by atoms with E-state index in [0.29, 0.717) is 10.2 Å². The van der Waals surface area contributed by atoms with Crippen LogP contribution in [0, 0.1) is 19.3 Å². The highest BCUT2D eigenvalue weighted by atomic mass is 79.9. The highest BCUT2D eigenvalue weighted by Gasteiger charge is 2.36. The second kappa shape index (κ2) is 7.99. The number of aryl methyl sites for hydroxylation is 1. The fraction of sp³-hybridized carbons (Fsp3) is 0.0870. The van der Waals surface area contributed by atoms with Crippen LogP contribution in [0.5, 0.6) is 0 Å². The van der Waals surface area contributed by atoms with E-state index < -0.39 is 5.91 Å². The van der Waals surface area contributed by atoms with Gasteiger partial charge in [-0.2, -0.15) is 15.1 Å². The number of amides is 1. The van der Waals surface area contributed by atoms with E-state index in [0.717, 1.165) is 32.7 Å². The molecule has 0 saturated carbocycles. The van der Waals surface area contributed by atoms with Crippen LogP contribution in [0.15, 0.2) is 75.0 Å². The van der Waals surface area contributed by atoms with Gasteiger partial charge in [-0.25, -0.2) is 0 Å². The number of carbonyl (C=O) groups excluding carboxylic acids is 1. The molecule has 0 aliphatic carbocycles. The SMILES string of the molecule is Cc1cc(/C=C2/C(=N)N3N=C(c4cccnc4)SC3=NC2=O)c(C)n1-c1ccc(Br)cc1. The topological polar surface area (TPSA) is 86.7 Å². The van der Waals surface area contributed by atoms with Crippen molar-refractivity contribution in [2.45, 2.75) is 13.8 Å². The van der Waals surface area contributed by atoms with Gasteiger partial charge in [0.1, 0.15) is 5.04 Å². The minimum atomic E-state index is -0.440. The lowest BCUT2D eigenvalue weighted by molar-refractivity contribution is -0.114. The first-order valence-corrected chi connectivity index (χ1v) is 11.4. The van der Waals surface area contributed by atoms with Gasteiger partial charge < -0.3 is 4.57 Å². The normalized spacial score (nSPS) is 17.0. The molecule has 0 atom stereocenters. The molecule has 7 nitrogen and oxygen atoms in total. The summed E-state index contributed by atoms with van der Waals surface area (Å²) in [4.78, 5) is 21.1. The molecule has 2 aliphatic rings. The maximum Gasteiger partial charge on any atom is 0.283 e. The van der Waals surface area contributed by atoms with E-state index in [-0.39, 0.29) is 11.4 Å². The summed E-state index contributed by atoms with van der Waals surface area (Å²) in [5, 5.41) is 15.6. The number of pyridine rings is 1. The smallest absolute Gasteiger partial charge is 0.283 e. The first-order valence-electron chi connectivity index (χ1n) is 9.78. The van der Waals surface area contributed by atoms with Gasteiger partial charge in [-0.05, 0) is 79.7 Å². The highest BCUT2D eigenvalue weighted by Crippen LogP contribution is 2.31. The summed E-state index contributed by atoms with van der Waals surface area (Å²) >= 11 is 4.73. The van der Waals surface area contributed by atoms with Crippen LogP contribution in [-0.4, -0.2) is 36.5 Å². The van der Waals surface area contributed by atoms with Crippen LogP contribution >= 0.6 is 27.7 Å². The van der Waals surface area contributed by atoms with Crippen molar-refractivity contribution >= 4 is 55.7 Å². The lowest BCUT2D eigenvalue weighted by Gasteiger charge is -2.20. The molecule has 0 bridgehead atoms. The lowest BCUT2D eigenvalue weighted by Crippen LogP contribution is -2.35. The quantitative estimate of drug-likeness (QED) is 0.512. The molecule has 32 heavy (non-hydrogen) atoms. The summed E-state index contributed by atoms with van der Waals surface area (Å²) < 4.78 is 3.13. The number of fused-ring (bicyclic) bond motifs is 1. The number of hydrogen-bond donors (Lipinski definition) is 1. The number of carbonyl (C=O) groups is 1. The van der Waals surface area contributed by atoms with Crippen LogP contribution in [0.25, 0.3) is 11.8 Å². The van der Waals surface area contributed by atoms with Crippen LogP contribution in [0.2, 0.25) is 0 Å². The fourth-order valence-electron chi connectivity index (χ4n) is 3.67. The molecule has 2 aromatic heterocycles. The number of benzene rings is 1. The molecule has 5 rings (SSSR count). The average Bonchev–Trinajstić information content (AvgIpc) is 3.33. The molecule has 0 radical (unpaired) electrons. The Morgan fingerprint density at radius 3 is 2.66 bits per heavy atom. The van der Waals surface area contributed by atoms with Crippen LogP contribution in [-0.2, 0) is 4.79 Å². The maximum absolute atomic E-state index is 12.8. The molecule has 0 saturated heterocycles. The van der Waals surface area contributed by atoms with Gasteiger partial charge in [-0.1, -0.05) is 15.9 Å². The fourth-order valence-corrected chi connectivity index (χ4v) is 4.82. The number of aliphatic imine (C=N–C) groups is 1. The molecule has 1 aromatic carbocycles. The Labute approximate surface area is 197 Å². The Morgan fingerprint density at radius 1 is 1.16 bits per heavy atom. The maximum atomic E-state index is 12.8. The number of nitrogens with zero attached hydrogens (tertiary/aromatic N) is 5. The molecular formula is C23H17BrN6OS. The van der Waals surface area contributed by atoms with E-state index in [1.807, 2.05) is 56.3 Å². The van der Waals surface area contributed by atoms with Crippen molar-refractivity contribution in [1.82, 2.24) is 14.6 Å². The summed E-state index contributed by atoms with van der Waals surface area (Å²) in [5.74, 6) is -0.426. The molecular weight excluding hydrogens is 488 g/mol. The van der Waals surface area contributed by atoms with E-state index in [9.17, 15) is 4.79 Å². The number of thioether (sulfide) groups is 1. The number of aromatic nitrogens is 2. The Hall–Kier alpha value is -3.30. The first kappa shape index (κ1) is 20.6. The van der Waals surface area contributed by atoms with E-state index in [1.54, 1.807) is 18.5 Å².